The van der Waals surface area contributed by atoms with Crippen LogP contribution in [0.5, 0.6) is 11.5 Å². The van der Waals surface area contributed by atoms with Crippen LogP contribution in [0.1, 0.15) is 40.7 Å². The number of benzene rings is 2. The normalized spacial score (nSPS) is 22.5. The molecule has 0 saturated carbocycles. The van der Waals surface area contributed by atoms with Crippen molar-refractivity contribution in [3.63, 3.8) is 0 Å². The number of fused-ring (bicyclic) bond motifs is 1. The first-order valence-corrected chi connectivity index (χ1v) is 11.6. The lowest BCUT2D eigenvalue weighted by molar-refractivity contribution is -0.136. The van der Waals surface area contributed by atoms with E-state index in [-0.39, 0.29) is 30.1 Å². The van der Waals surface area contributed by atoms with Crippen LogP contribution < -0.4 is 14.8 Å². The minimum absolute atomic E-state index is 0.0445. The molecule has 0 radical (unpaired) electrons. The molecule has 2 aromatic carbocycles. The number of carbonyl (C=O) groups excluding carboxylic acids is 3. The van der Waals surface area contributed by atoms with Crippen molar-refractivity contribution in [2.45, 2.75) is 51.1 Å². The van der Waals surface area contributed by atoms with Crippen molar-refractivity contribution in [2.75, 3.05) is 13.1 Å². The number of hydrogen-bond acceptors (Lipinski definition) is 6. The lowest BCUT2D eigenvalue weighted by atomic mass is 10.0. The Morgan fingerprint density at radius 2 is 1.91 bits per heavy atom. The highest BCUT2D eigenvalue weighted by Gasteiger charge is 2.39. The highest BCUT2D eigenvalue weighted by molar-refractivity contribution is 6.05. The van der Waals surface area contributed by atoms with Gasteiger partial charge in [0.05, 0.1) is 0 Å². The van der Waals surface area contributed by atoms with Gasteiger partial charge in [0, 0.05) is 38.2 Å². The summed E-state index contributed by atoms with van der Waals surface area (Å²) in [6.45, 7) is -0.477. The number of nitrogens with zero attached hydrogens (tertiary/aromatic N) is 2. The summed E-state index contributed by atoms with van der Waals surface area (Å²) in [6, 6.07) is 11.4. The minimum atomic E-state index is -2.85. The van der Waals surface area contributed by atoms with Crippen molar-refractivity contribution >= 4 is 17.7 Å². The second-order valence-electron chi connectivity index (χ2n) is 9.01. The second kappa shape index (κ2) is 9.61. The van der Waals surface area contributed by atoms with Gasteiger partial charge in [-0.25, -0.2) is 0 Å². The van der Waals surface area contributed by atoms with Gasteiger partial charge in [-0.3, -0.25) is 24.6 Å². The van der Waals surface area contributed by atoms with Crippen molar-refractivity contribution in [3.8, 4) is 11.5 Å². The molecule has 1 unspecified atom stereocenters. The van der Waals surface area contributed by atoms with E-state index in [1.54, 1.807) is 24.3 Å². The topological polar surface area (TPSA) is 88.2 Å². The second-order valence-corrected chi connectivity index (χ2v) is 9.01. The van der Waals surface area contributed by atoms with Gasteiger partial charge >= 0.3 is 6.61 Å². The lowest BCUT2D eigenvalue weighted by Gasteiger charge is -2.29. The molecule has 0 spiro atoms. The number of likely N-dealkylation sites (tertiary alicyclic amines) is 1. The van der Waals surface area contributed by atoms with Crippen molar-refractivity contribution < 1.29 is 32.6 Å². The molecule has 2 fully saturated rings. The molecule has 3 heterocycles. The first-order valence-electron chi connectivity index (χ1n) is 11.6. The number of piperidine rings is 1. The summed E-state index contributed by atoms with van der Waals surface area (Å²) in [5.74, 6) is -0.169. The third kappa shape index (κ3) is 5.12. The zero-order valence-electron chi connectivity index (χ0n) is 18.9. The molecular weight excluding hydrogens is 460 g/mol. The van der Waals surface area contributed by atoms with Gasteiger partial charge in [-0.1, -0.05) is 12.1 Å². The van der Waals surface area contributed by atoms with E-state index in [0.29, 0.717) is 37.4 Å². The maximum absolute atomic E-state index is 12.8. The standard InChI is InChI=1S/C25H25F2N3O5/c26-25(27)35-17-3-1-2-15(10-17)12-29-9-8-19(14-29)34-18-4-5-20-16(11-18)13-30(24(20)33)21-6-7-22(31)28-23(21)32/h1-5,10-11,19,21,25H,6-9,12-14H2,(H,28,31,32)/t19-,21?/m0/s1. The Morgan fingerprint density at radius 3 is 2.71 bits per heavy atom. The first-order chi connectivity index (χ1) is 16.9. The molecule has 3 aliphatic heterocycles. The fourth-order valence-corrected chi connectivity index (χ4v) is 4.93. The molecule has 35 heavy (non-hydrogen) atoms. The predicted molar refractivity (Wildman–Crippen MR) is 120 cm³/mol. The summed E-state index contributed by atoms with van der Waals surface area (Å²) in [7, 11) is 0. The molecule has 3 amide bonds. The zero-order valence-corrected chi connectivity index (χ0v) is 18.9. The lowest BCUT2D eigenvalue weighted by Crippen LogP contribution is -2.52. The summed E-state index contributed by atoms with van der Waals surface area (Å²) in [4.78, 5) is 40.2. The van der Waals surface area contributed by atoms with Gasteiger partial charge in [0.2, 0.25) is 11.8 Å². The molecule has 0 aliphatic carbocycles. The van der Waals surface area contributed by atoms with Gasteiger partial charge in [-0.15, -0.1) is 0 Å². The Morgan fingerprint density at radius 1 is 1.06 bits per heavy atom. The molecule has 2 atom stereocenters. The van der Waals surface area contributed by atoms with Crippen molar-refractivity contribution in [1.29, 1.82) is 0 Å². The molecule has 1 N–H and O–H groups in total. The predicted octanol–water partition coefficient (Wildman–Crippen LogP) is 2.70. The highest BCUT2D eigenvalue weighted by Crippen LogP contribution is 2.31. The Hall–Kier alpha value is -3.53. The minimum Gasteiger partial charge on any atom is -0.489 e. The van der Waals surface area contributed by atoms with Crippen LogP contribution >= 0.6 is 0 Å². The van der Waals surface area contributed by atoms with E-state index >= 15 is 0 Å². The number of ether oxygens (including phenoxy) is 2. The zero-order chi connectivity index (χ0) is 24.5. The quantitative estimate of drug-likeness (QED) is 0.607. The molecule has 2 aromatic rings. The van der Waals surface area contributed by atoms with E-state index < -0.39 is 18.6 Å². The molecule has 2 saturated heterocycles. The number of rotatable bonds is 7. The van der Waals surface area contributed by atoms with Gasteiger partial charge < -0.3 is 14.4 Å². The molecule has 184 valence electrons. The van der Waals surface area contributed by atoms with Gasteiger partial charge in [0.25, 0.3) is 5.91 Å². The average molecular weight is 485 g/mol. The smallest absolute Gasteiger partial charge is 0.387 e. The van der Waals surface area contributed by atoms with Crippen LogP contribution in [0, 0.1) is 0 Å². The number of halogens is 2. The van der Waals surface area contributed by atoms with E-state index in [4.69, 9.17) is 4.74 Å². The third-order valence-corrected chi connectivity index (χ3v) is 6.56. The maximum Gasteiger partial charge on any atom is 0.387 e. The number of carbonyl (C=O) groups is 3. The summed E-state index contributed by atoms with van der Waals surface area (Å²) in [6.07, 6.45) is 1.30. The fourth-order valence-electron chi connectivity index (χ4n) is 4.93. The maximum atomic E-state index is 12.8. The van der Waals surface area contributed by atoms with Crippen molar-refractivity contribution in [1.82, 2.24) is 15.1 Å². The van der Waals surface area contributed by atoms with Crippen LogP contribution in [0.15, 0.2) is 42.5 Å². The number of hydrogen-bond donors (Lipinski definition) is 1. The van der Waals surface area contributed by atoms with Crippen LogP contribution in [0.25, 0.3) is 0 Å². The van der Waals surface area contributed by atoms with Gasteiger partial charge in [-0.2, -0.15) is 8.78 Å². The molecule has 8 nitrogen and oxygen atoms in total. The number of amides is 3. The highest BCUT2D eigenvalue weighted by atomic mass is 19.3. The molecule has 0 aromatic heterocycles. The van der Waals surface area contributed by atoms with Crippen LogP contribution in [0.4, 0.5) is 8.78 Å². The Bertz CT molecular complexity index is 1160. The van der Waals surface area contributed by atoms with E-state index in [1.807, 2.05) is 12.1 Å². The number of nitrogens with one attached hydrogen (secondary N) is 1. The van der Waals surface area contributed by atoms with E-state index in [0.717, 1.165) is 24.1 Å². The van der Waals surface area contributed by atoms with E-state index in [2.05, 4.69) is 15.0 Å². The summed E-state index contributed by atoms with van der Waals surface area (Å²) < 4.78 is 35.6. The van der Waals surface area contributed by atoms with Gasteiger partial charge in [0.1, 0.15) is 23.6 Å². The Labute approximate surface area is 200 Å². The summed E-state index contributed by atoms with van der Waals surface area (Å²) in [5.41, 5.74) is 2.22. The number of imide groups is 1. The molecular formula is C25H25F2N3O5. The van der Waals surface area contributed by atoms with E-state index in [1.165, 1.54) is 11.0 Å². The summed E-state index contributed by atoms with van der Waals surface area (Å²) in [5, 5.41) is 2.30. The number of alkyl halides is 2. The average Bonchev–Trinajstić information content (AvgIpc) is 3.37. The van der Waals surface area contributed by atoms with Crippen LogP contribution in [0.2, 0.25) is 0 Å². The van der Waals surface area contributed by atoms with Crippen LogP contribution in [-0.2, 0) is 22.7 Å². The first kappa shape index (κ1) is 23.2. The summed E-state index contributed by atoms with van der Waals surface area (Å²) >= 11 is 0. The molecule has 0 bridgehead atoms. The third-order valence-electron chi connectivity index (χ3n) is 6.56. The van der Waals surface area contributed by atoms with Crippen LogP contribution in [-0.4, -0.2) is 59.4 Å². The molecule has 5 rings (SSSR count). The SMILES string of the molecule is O=C1CCC(N2Cc3cc(O[C@H]4CCN(Cc5cccc(OC(F)F)c5)C4)ccc3C2=O)C(=O)N1. The van der Waals surface area contributed by atoms with Gasteiger partial charge in [-0.05, 0) is 54.3 Å². The Kier molecular flexibility index (Phi) is 6.38. The van der Waals surface area contributed by atoms with Gasteiger partial charge in [0.15, 0.2) is 0 Å². The monoisotopic (exact) mass is 485 g/mol. The van der Waals surface area contributed by atoms with Crippen molar-refractivity contribution in [2.24, 2.45) is 0 Å². The van der Waals surface area contributed by atoms with Crippen LogP contribution in [0.3, 0.4) is 0 Å². The van der Waals surface area contributed by atoms with E-state index in [9.17, 15) is 23.2 Å². The largest absolute Gasteiger partial charge is 0.489 e. The molecule has 3 aliphatic rings. The Balaban J connectivity index is 1.18. The van der Waals surface area contributed by atoms with Crippen molar-refractivity contribution in [3.05, 3.63) is 59.2 Å². The molecule has 10 heteroatoms. The fraction of sp³-hybridized carbons (Fsp3) is 0.400.